The molecular weight excluding hydrogens is 356 g/mol. The van der Waals surface area contributed by atoms with E-state index >= 15 is 0 Å². The average Bonchev–Trinajstić information content (AvgIpc) is 2.62. The maximum Gasteiger partial charge on any atom is 0.270 e. The topological polar surface area (TPSA) is 64.8 Å². The first-order chi connectivity index (χ1) is 12.1. The molecule has 3 rings (SSSR count). The van der Waals surface area contributed by atoms with Crippen LogP contribution in [-0.4, -0.2) is 36.6 Å². The van der Waals surface area contributed by atoms with Gasteiger partial charge < -0.3 is 9.47 Å². The molecule has 1 aliphatic heterocycles. The molecule has 0 atom stereocenters. The number of rotatable bonds is 6. The van der Waals surface area contributed by atoms with E-state index in [0.717, 1.165) is 35.7 Å². The van der Waals surface area contributed by atoms with E-state index < -0.39 is 0 Å². The lowest BCUT2D eigenvalue weighted by Crippen LogP contribution is -2.19. The van der Waals surface area contributed by atoms with E-state index in [1.54, 1.807) is 12.1 Å². The number of hydrogen-bond acceptors (Lipinski definition) is 5. The highest BCUT2D eigenvalue weighted by Gasteiger charge is 2.12. The van der Waals surface area contributed by atoms with Gasteiger partial charge in [0, 0.05) is 25.2 Å². The third-order valence-corrected chi connectivity index (χ3v) is 3.87. The molecular formula is C19H21ClN2O4. The number of benzene rings is 2. The first-order valence-electron chi connectivity index (χ1n) is 8.10. The molecule has 0 spiro atoms. The summed E-state index contributed by atoms with van der Waals surface area (Å²) < 4.78 is 11.1. The molecule has 0 saturated heterocycles. The number of ether oxygens (including phenoxy) is 2. The van der Waals surface area contributed by atoms with Crippen LogP contribution in [0.3, 0.4) is 0 Å². The lowest BCUT2D eigenvalue weighted by atomic mass is 10.1. The first kappa shape index (κ1) is 19.8. The molecule has 0 aromatic heterocycles. The second-order valence-electron chi connectivity index (χ2n) is 5.93. The van der Waals surface area contributed by atoms with Gasteiger partial charge in [-0.2, -0.15) is 0 Å². The highest BCUT2D eigenvalue weighted by Crippen LogP contribution is 2.31. The van der Waals surface area contributed by atoms with Crippen LogP contribution in [-0.2, 0) is 6.54 Å². The number of nitro benzene ring substituents is 1. The summed E-state index contributed by atoms with van der Waals surface area (Å²) in [5, 5.41) is 10.8. The number of hydrogen-bond donors (Lipinski definition) is 0. The molecule has 1 aliphatic rings. The molecule has 26 heavy (non-hydrogen) atoms. The molecule has 0 unspecified atom stereocenters. The Morgan fingerprint density at radius 2 is 1.92 bits per heavy atom. The monoisotopic (exact) mass is 376 g/mol. The Hall–Kier alpha value is -2.57. The summed E-state index contributed by atoms with van der Waals surface area (Å²) in [5.41, 5.74) is 2.07. The molecule has 0 N–H and O–H groups in total. The molecule has 0 radical (unpaired) electrons. The lowest BCUT2D eigenvalue weighted by molar-refractivity contribution is -0.384. The highest BCUT2D eigenvalue weighted by molar-refractivity contribution is 5.85. The van der Waals surface area contributed by atoms with Crippen LogP contribution < -0.4 is 9.47 Å². The second kappa shape index (κ2) is 9.22. The Morgan fingerprint density at radius 1 is 1.15 bits per heavy atom. The molecule has 7 heteroatoms. The molecule has 0 fully saturated rings. The van der Waals surface area contributed by atoms with Crippen molar-refractivity contribution < 1.29 is 14.4 Å². The van der Waals surface area contributed by atoms with E-state index in [2.05, 4.69) is 4.90 Å². The Bertz CT molecular complexity index is 795. The first-order valence-corrected chi connectivity index (χ1v) is 8.10. The predicted octanol–water partition coefficient (Wildman–Crippen LogP) is 3.93. The fourth-order valence-corrected chi connectivity index (χ4v) is 2.67. The summed E-state index contributed by atoms with van der Waals surface area (Å²) >= 11 is 0. The third kappa shape index (κ3) is 5.21. The SMILES string of the molecule is CN(C/C=C/c1cccc([N+](=O)[O-])c1)Cc1ccc2c(c1)OCCO2.Cl. The van der Waals surface area contributed by atoms with Crippen molar-refractivity contribution in [2.75, 3.05) is 26.8 Å². The molecule has 2 aromatic carbocycles. The minimum atomic E-state index is -0.384. The summed E-state index contributed by atoms with van der Waals surface area (Å²) in [4.78, 5) is 12.6. The van der Waals surface area contributed by atoms with Crippen LogP contribution in [0.1, 0.15) is 11.1 Å². The van der Waals surface area contributed by atoms with Gasteiger partial charge in [0.15, 0.2) is 11.5 Å². The maximum absolute atomic E-state index is 10.8. The van der Waals surface area contributed by atoms with Crippen molar-refractivity contribution in [2.45, 2.75) is 6.54 Å². The molecule has 0 saturated carbocycles. The minimum absolute atomic E-state index is 0. The van der Waals surface area contributed by atoms with Gasteiger partial charge in [-0.15, -0.1) is 12.4 Å². The molecule has 0 aliphatic carbocycles. The zero-order chi connectivity index (χ0) is 17.6. The number of likely N-dealkylation sites (N-methyl/N-ethyl adjacent to an activating group) is 1. The summed E-state index contributed by atoms with van der Waals surface area (Å²) in [6, 6.07) is 12.6. The smallest absolute Gasteiger partial charge is 0.270 e. The van der Waals surface area contributed by atoms with Gasteiger partial charge in [0.1, 0.15) is 13.2 Å². The maximum atomic E-state index is 10.8. The van der Waals surface area contributed by atoms with E-state index in [4.69, 9.17) is 9.47 Å². The van der Waals surface area contributed by atoms with Crippen LogP contribution in [0.25, 0.3) is 6.08 Å². The van der Waals surface area contributed by atoms with Crippen molar-refractivity contribution in [3.63, 3.8) is 0 Å². The Morgan fingerprint density at radius 3 is 2.69 bits per heavy atom. The Balaban J connectivity index is 0.00000243. The van der Waals surface area contributed by atoms with Gasteiger partial charge in [-0.25, -0.2) is 0 Å². The number of nitro groups is 1. The van der Waals surface area contributed by atoms with E-state index in [0.29, 0.717) is 13.2 Å². The van der Waals surface area contributed by atoms with Crippen LogP contribution in [0.2, 0.25) is 0 Å². The molecule has 0 bridgehead atoms. The average molecular weight is 377 g/mol. The molecule has 6 nitrogen and oxygen atoms in total. The van der Waals surface area contributed by atoms with E-state index in [1.165, 1.54) is 6.07 Å². The molecule has 138 valence electrons. The fraction of sp³-hybridized carbons (Fsp3) is 0.263. The van der Waals surface area contributed by atoms with Gasteiger partial charge in [0.25, 0.3) is 5.69 Å². The molecule has 2 aromatic rings. The zero-order valence-corrected chi connectivity index (χ0v) is 15.3. The van der Waals surface area contributed by atoms with Crippen molar-refractivity contribution in [1.29, 1.82) is 0 Å². The molecule has 0 amide bonds. The largest absolute Gasteiger partial charge is 0.486 e. The quantitative estimate of drug-likeness (QED) is 0.564. The van der Waals surface area contributed by atoms with Crippen LogP contribution >= 0.6 is 12.4 Å². The number of nitrogens with zero attached hydrogens (tertiary/aromatic N) is 2. The third-order valence-electron chi connectivity index (χ3n) is 3.87. The van der Waals surface area contributed by atoms with E-state index in [1.807, 2.05) is 43.5 Å². The zero-order valence-electron chi connectivity index (χ0n) is 14.5. The van der Waals surface area contributed by atoms with Crippen molar-refractivity contribution in [2.24, 2.45) is 0 Å². The molecule has 1 heterocycles. The van der Waals surface area contributed by atoms with Crippen molar-refractivity contribution in [3.05, 3.63) is 69.8 Å². The normalized spacial score (nSPS) is 12.8. The Kier molecular flexibility index (Phi) is 7.00. The van der Waals surface area contributed by atoms with Gasteiger partial charge >= 0.3 is 0 Å². The highest BCUT2D eigenvalue weighted by atomic mass is 35.5. The number of halogens is 1. The van der Waals surface area contributed by atoms with Crippen LogP contribution in [0, 0.1) is 10.1 Å². The van der Waals surface area contributed by atoms with Gasteiger partial charge in [0.2, 0.25) is 0 Å². The minimum Gasteiger partial charge on any atom is -0.486 e. The fourth-order valence-electron chi connectivity index (χ4n) is 2.67. The predicted molar refractivity (Wildman–Crippen MR) is 103 cm³/mol. The summed E-state index contributed by atoms with van der Waals surface area (Å²) in [5.74, 6) is 1.59. The summed E-state index contributed by atoms with van der Waals surface area (Å²) in [7, 11) is 2.02. The van der Waals surface area contributed by atoms with Crippen molar-refractivity contribution in [1.82, 2.24) is 4.90 Å². The van der Waals surface area contributed by atoms with Crippen LogP contribution in [0.4, 0.5) is 5.69 Å². The van der Waals surface area contributed by atoms with Crippen molar-refractivity contribution >= 4 is 24.2 Å². The summed E-state index contributed by atoms with van der Waals surface area (Å²) in [6.07, 6.45) is 3.89. The summed E-state index contributed by atoms with van der Waals surface area (Å²) in [6.45, 7) is 2.68. The van der Waals surface area contributed by atoms with Crippen LogP contribution in [0.15, 0.2) is 48.5 Å². The van der Waals surface area contributed by atoms with Crippen LogP contribution in [0.5, 0.6) is 11.5 Å². The van der Waals surface area contributed by atoms with Gasteiger partial charge in [-0.1, -0.05) is 30.4 Å². The van der Waals surface area contributed by atoms with Gasteiger partial charge in [-0.3, -0.25) is 15.0 Å². The number of fused-ring (bicyclic) bond motifs is 1. The second-order valence-corrected chi connectivity index (χ2v) is 5.93. The lowest BCUT2D eigenvalue weighted by Gasteiger charge is -2.20. The Labute approximate surface area is 158 Å². The van der Waals surface area contributed by atoms with Gasteiger partial charge in [-0.05, 0) is 30.3 Å². The number of non-ortho nitro benzene ring substituents is 1. The standard InChI is InChI=1S/C19H20N2O4.ClH/c1-20(9-3-5-15-4-2-6-17(12-15)21(22)23)14-16-7-8-18-19(13-16)25-11-10-24-18;/h2-8,12-13H,9-11,14H2,1H3;1H/b5-3+;. The van der Waals surface area contributed by atoms with E-state index in [9.17, 15) is 10.1 Å². The van der Waals surface area contributed by atoms with Crippen molar-refractivity contribution in [3.8, 4) is 11.5 Å². The van der Waals surface area contributed by atoms with Gasteiger partial charge in [0.05, 0.1) is 4.92 Å². The van der Waals surface area contributed by atoms with E-state index in [-0.39, 0.29) is 23.0 Å².